The first kappa shape index (κ1) is 14.3. The van der Waals surface area contributed by atoms with E-state index in [1.807, 2.05) is 0 Å². The Morgan fingerprint density at radius 3 is 2.05 bits per heavy atom. The SMILES string of the molecule is COc1cccc(C(O)c2cccc(OC(F)F)c2)c1. The van der Waals surface area contributed by atoms with Crippen molar-refractivity contribution in [3.8, 4) is 11.5 Å². The van der Waals surface area contributed by atoms with Gasteiger partial charge in [0.25, 0.3) is 0 Å². The van der Waals surface area contributed by atoms with Crippen LogP contribution in [0, 0.1) is 0 Å². The molecule has 0 aliphatic heterocycles. The number of halogens is 2. The molecule has 2 aromatic carbocycles. The van der Waals surface area contributed by atoms with Gasteiger partial charge in [0.05, 0.1) is 7.11 Å². The Labute approximate surface area is 115 Å². The molecule has 1 unspecified atom stereocenters. The van der Waals surface area contributed by atoms with E-state index in [0.29, 0.717) is 16.9 Å². The van der Waals surface area contributed by atoms with Gasteiger partial charge in [0.2, 0.25) is 0 Å². The average Bonchev–Trinajstić information content (AvgIpc) is 2.46. The van der Waals surface area contributed by atoms with Crippen LogP contribution in [0.5, 0.6) is 11.5 Å². The quantitative estimate of drug-likeness (QED) is 0.912. The van der Waals surface area contributed by atoms with Crippen LogP contribution in [0.1, 0.15) is 17.2 Å². The van der Waals surface area contributed by atoms with Gasteiger partial charge in [-0.1, -0.05) is 24.3 Å². The lowest BCUT2D eigenvalue weighted by Crippen LogP contribution is -2.04. The summed E-state index contributed by atoms with van der Waals surface area (Å²) in [6.45, 7) is -2.89. The van der Waals surface area contributed by atoms with Crippen molar-refractivity contribution in [1.29, 1.82) is 0 Å². The molecular weight excluding hydrogens is 266 g/mol. The van der Waals surface area contributed by atoms with Gasteiger partial charge in [-0.25, -0.2) is 0 Å². The van der Waals surface area contributed by atoms with E-state index in [1.54, 1.807) is 36.4 Å². The number of rotatable bonds is 5. The summed E-state index contributed by atoms with van der Waals surface area (Å²) in [7, 11) is 1.53. The Balaban J connectivity index is 2.25. The van der Waals surface area contributed by atoms with Crippen LogP contribution in [0.4, 0.5) is 8.78 Å². The molecule has 0 amide bonds. The summed E-state index contributed by atoms with van der Waals surface area (Å²) in [5, 5.41) is 10.3. The molecular formula is C15H14F2O3. The number of aliphatic hydroxyl groups excluding tert-OH is 1. The molecule has 5 heteroatoms. The second-order valence-corrected chi connectivity index (χ2v) is 4.13. The molecule has 0 aliphatic carbocycles. The van der Waals surface area contributed by atoms with Crippen molar-refractivity contribution in [2.24, 2.45) is 0 Å². The Morgan fingerprint density at radius 2 is 1.50 bits per heavy atom. The van der Waals surface area contributed by atoms with Gasteiger partial charge < -0.3 is 14.6 Å². The number of aliphatic hydroxyl groups is 1. The predicted molar refractivity (Wildman–Crippen MR) is 70.1 cm³/mol. The normalized spacial score (nSPS) is 12.2. The lowest BCUT2D eigenvalue weighted by atomic mass is 10.0. The lowest BCUT2D eigenvalue weighted by molar-refractivity contribution is -0.0499. The lowest BCUT2D eigenvalue weighted by Gasteiger charge is -2.14. The number of benzene rings is 2. The second kappa shape index (κ2) is 6.34. The number of ether oxygens (including phenoxy) is 2. The molecule has 0 aliphatic rings. The highest BCUT2D eigenvalue weighted by atomic mass is 19.3. The maximum absolute atomic E-state index is 12.2. The van der Waals surface area contributed by atoms with Gasteiger partial charge in [0, 0.05) is 0 Å². The highest BCUT2D eigenvalue weighted by Crippen LogP contribution is 2.27. The molecule has 1 N–H and O–H groups in total. The summed E-state index contributed by atoms with van der Waals surface area (Å²) in [6, 6.07) is 12.9. The molecule has 0 saturated carbocycles. The van der Waals surface area contributed by atoms with Crippen LogP contribution in [0.15, 0.2) is 48.5 Å². The average molecular weight is 280 g/mol. The highest BCUT2D eigenvalue weighted by Gasteiger charge is 2.13. The summed E-state index contributed by atoms with van der Waals surface area (Å²) in [6.07, 6.45) is -0.939. The van der Waals surface area contributed by atoms with Crippen molar-refractivity contribution < 1.29 is 23.4 Å². The fourth-order valence-corrected chi connectivity index (χ4v) is 1.86. The molecule has 0 bridgehead atoms. The van der Waals surface area contributed by atoms with Gasteiger partial charge in [0.15, 0.2) is 0 Å². The zero-order valence-corrected chi connectivity index (χ0v) is 10.8. The molecule has 2 rings (SSSR count). The van der Waals surface area contributed by atoms with Crippen molar-refractivity contribution in [3.05, 3.63) is 59.7 Å². The van der Waals surface area contributed by atoms with Crippen LogP contribution in [-0.4, -0.2) is 18.8 Å². The third-order valence-corrected chi connectivity index (χ3v) is 2.81. The molecule has 106 valence electrons. The zero-order chi connectivity index (χ0) is 14.5. The minimum Gasteiger partial charge on any atom is -0.497 e. The van der Waals surface area contributed by atoms with Crippen LogP contribution < -0.4 is 9.47 Å². The Bertz CT molecular complexity index is 573. The molecule has 0 radical (unpaired) electrons. The molecule has 0 fully saturated rings. The van der Waals surface area contributed by atoms with Crippen LogP contribution in [0.25, 0.3) is 0 Å². The molecule has 0 heterocycles. The predicted octanol–water partition coefficient (Wildman–Crippen LogP) is 3.38. The van der Waals surface area contributed by atoms with Crippen LogP contribution in [0.3, 0.4) is 0 Å². The Hall–Kier alpha value is -2.14. The molecule has 3 nitrogen and oxygen atoms in total. The first-order valence-electron chi connectivity index (χ1n) is 5.97. The topological polar surface area (TPSA) is 38.7 Å². The van der Waals surface area contributed by atoms with Gasteiger partial charge in [0.1, 0.15) is 17.6 Å². The van der Waals surface area contributed by atoms with Crippen molar-refractivity contribution >= 4 is 0 Å². The van der Waals surface area contributed by atoms with Gasteiger partial charge in [-0.15, -0.1) is 0 Å². The summed E-state index contributed by atoms with van der Waals surface area (Å²) in [5.74, 6) is 0.626. The van der Waals surface area contributed by atoms with Crippen molar-refractivity contribution in [3.63, 3.8) is 0 Å². The van der Waals surface area contributed by atoms with Gasteiger partial charge in [-0.3, -0.25) is 0 Å². The molecule has 20 heavy (non-hydrogen) atoms. The van der Waals surface area contributed by atoms with E-state index in [0.717, 1.165) is 0 Å². The van der Waals surface area contributed by atoms with Gasteiger partial charge >= 0.3 is 6.61 Å². The van der Waals surface area contributed by atoms with Crippen molar-refractivity contribution in [2.45, 2.75) is 12.7 Å². The largest absolute Gasteiger partial charge is 0.497 e. The van der Waals surface area contributed by atoms with Crippen LogP contribution in [-0.2, 0) is 0 Å². The Kier molecular flexibility index (Phi) is 4.53. The third kappa shape index (κ3) is 3.45. The second-order valence-electron chi connectivity index (χ2n) is 4.13. The summed E-state index contributed by atoms with van der Waals surface area (Å²) in [4.78, 5) is 0. The Morgan fingerprint density at radius 1 is 0.950 bits per heavy atom. The molecule has 0 spiro atoms. The summed E-state index contributed by atoms with van der Waals surface area (Å²) >= 11 is 0. The van der Waals surface area contributed by atoms with E-state index in [9.17, 15) is 13.9 Å². The van der Waals surface area contributed by atoms with Crippen molar-refractivity contribution in [2.75, 3.05) is 7.11 Å². The van der Waals surface area contributed by atoms with E-state index in [-0.39, 0.29) is 5.75 Å². The molecule has 2 aromatic rings. The van der Waals surface area contributed by atoms with E-state index in [4.69, 9.17) is 4.74 Å². The smallest absolute Gasteiger partial charge is 0.387 e. The minimum atomic E-state index is -2.89. The van der Waals surface area contributed by atoms with E-state index < -0.39 is 12.7 Å². The first-order valence-corrected chi connectivity index (χ1v) is 5.97. The number of methoxy groups -OCH3 is 1. The number of hydrogen-bond acceptors (Lipinski definition) is 3. The van der Waals surface area contributed by atoms with E-state index in [1.165, 1.54) is 19.2 Å². The maximum Gasteiger partial charge on any atom is 0.387 e. The summed E-state index contributed by atoms with van der Waals surface area (Å²) in [5.41, 5.74) is 1.08. The molecule has 0 saturated heterocycles. The van der Waals surface area contributed by atoms with Crippen molar-refractivity contribution in [1.82, 2.24) is 0 Å². The fourth-order valence-electron chi connectivity index (χ4n) is 1.86. The minimum absolute atomic E-state index is 0.0134. The van der Waals surface area contributed by atoms with Crippen LogP contribution >= 0.6 is 0 Å². The standard InChI is InChI=1S/C15H14F2O3/c1-19-12-6-2-4-10(8-12)14(18)11-5-3-7-13(9-11)20-15(16)17/h2-9,14-15,18H,1H3. The van der Waals surface area contributed by atoms with E-state index in [2.05, 4.69) is 4.74 Å². The zero-order valence-electron chi connectivity index (χ0n) is 10.8. The van der Waals surface area contributed by atoms with Gasteiger partial charge in [-0.05, 0) is 35.4 Å². The molecule has 1 atom stereocenters. The number of alkyl halides is 2. The first-order chi connectivity index (χ1) is 9.60. The number of hydrogen-bond donors (Lipinski definition) is 1. The van der Waals surface area contributed by atoms with E-state index >= 15 is 0 Å². The third-order valence-electron chi connectivity index (χ3n) is 2.81. The highest BCUT2D eigenvalue weighted by molar-refractivity contribution is 5.38. The monoisotopic (exact) mass is 280 g/mol. The maximum atomic E-state index is 12.2. The van der Waals surface area contributed by atoms with Crippen LogP contribution in [0.2, 0.25) is 0 Å². The molecule has 0 aromatic heterocycles. The fraction of sp³-hybridized carbons (Fsp3) is 0.200. The van der Waals surface area contributed by atoms with Gasteiger partial charge in [-0.2, -0.15) is 8.78 Å². The summed E-state index contributed by atoms with van der Waals surface area (Å²) < 4.78 is 33.7.